The second kappa shape index (κ2) is 66.4. The van der Waals surface area contributed by atoms with E-state index in [0.717, 1.165) is 64.2 Å². The van der Waals surface area contributed by atoms with Gasteiger partial charge in [-0.3, -0.25) is 14.4 Å². The predicted octanol–water partition coefficient (Wildman–Crippen LogP) is 23.8. The smallest absolute Gasteiger partial charge is 0.306 e. The molecule has 6 nitrogen and oxygen atoms in total. The van der Waals surface area contributed by atoms with Gasteiger partial charge in [-0.15, -0.1) is 0 Å². The van der Waals surface area contributed by atoms with Crippen molar-refractivity contribution in [3.63, 3.8) is 0 Å². The minimum atomic E-state index is -0.770. The van der Waals surface area contributed by atoms with E-state index in [0.29, 0.717) is 19.3 Å². The van der Waals surface area contributed by atoms with E-state index in [4.69, 9.17) is 14.2 Å². The first kappa shape index (κ1) is 74.9. The molecule has 0 rings (SSSR count). The quantitative estimate of drug-likeness (QED) is 0.0261. The standard InChI is InChI=1S/C71H134O6/c1-4-7-10-13-16-19-22-25-27-29-31-33-34-35-36-38-39-41-43-46-49-52-55-58-61-64-70(73)76-67-68(66-75-69(72)63-60-57-54-51-48-45-24-21-18-15-12-9-6-3)77-71(74)65-62-59-56-53-50-47-44-42-40-37-32-30-28-26-23-20-17-14-11-8-5-2/h23,26,30,32,68H,4-22,24-25,27-29,31,33-67H2,1-3H3/b26-23-,32-30-. The molecule has 1 unspecified atom stereocenters. The third-order valence-corrected chi connectivity index (χ3v) is 16.0. The predicted molar refractivity (Wildman–Crippen MR) is 335 cm³/mol. The van der Waals surface area contributed by atoms with Crippen LogP contribution in [-0.2, 0) is 28.6 Å². The number of rotatable bonds is 65. The summed E-state index contributed by atoms with van der Waals surface area (Å²) in [6.45, 7) is 6.71. The second-order valence-electron chi connectivity index (χ2n) is 23.8. The highest BCUT2D eigenvalue weighted by Crippen LogP contribution is 2.19. The van der Waals surface area contributed by atoms with Crippen molar-refractivity contribution in [1.82, 2.24) is 0 Å². The Morgan fingerprint density at radius 3 is 0.714 bits per heavy atom. The average molecular weight is 1080 g/mol. The molecule has 6 heteroatoms. The van der Waals surface area contributed by atoms with Crippen LogP contribution in [0, 0.1) is 0 Å². The highest BCUT2D eigenvalue weighted by atomic mass is 16.6. The van der Waals surface area contributed by atoms with Crippen molar-refractivity contribution in [3.8, 4) is 0 Å². The van der Waals surface area contributed by atoms with Gasteiger partial charge >= 0.3 is 17.9 Å². The first-order chi connectivity index (χ1) is 38.0. The molecule has 0 heterocycles. The monoisotopic (exact) mass is 1080 g/mol. The number of hydrogen-bond acceptors (Lipinski definition) is 6. The van der Waals surface area contributed by atoms with Crippen LogP contribution in [0.15, 0.2) is 24.3 Å². The lowest BCUT2D eigenvalue weighted by Gasteiger charge is -2.18. The van der Waals surface area contributed by atoms with Crippen LogP contribution < -0.4 is 0 Å². The van der Waals surface area contributed by atoms with Gasteiger partial charge in [0.1, 0.15) is 13.2 Å². The van der Waals surface area contributed by atoms with Crippen LogP contribution >= 0.6 is 0 Å². The van der Waals surface area contributed by atoms with Crippen LogP contribution in [0.1, 0.15) is 393 Å². The number of carbonyl (C=O) groups is 3. The van der Waals surface area contributed by atoms with Gasteiger partial charge in [0.05, 0.1) is 0 Å². The molecular weight excluding hydrogens is 949 g/mol. The zero-order valence-corrected chi connectivity index (χ0v) is 52.3. The zero-order chi connectivity index (χ0) is 55.7. The lowest BCUT2D eigenvalue weighted by atomic mass is 10.0. The molecule has 454 valence electrons. The lowest BCUT2D eigenvalue weighted by Crippen LogP contribution is -2.30. The van der Waals surface area contributed by atoms with Gasteiger partial charge in [0.2, 0.25) is 0 Å². The fourth-order valence-corrected chi connectivity index (χ4v) is 10.7. The average Bonchev–Trinajstić information content (AvgIpc) is 3.43. The molecule has 0 radical (unpaired) electrons. The van der Waals surface area contributed by atoms with Gasteiger partial charge in [-0.1, -0.05) is 347 Å². The maximum atomic E-state index is 12.9. The third kappa shape index (κ3) is 64.6. The largest absolute Gasteiger partial charge is 0.462 e. The first-order valence-corrected chi connectivity index (χ1v) is 34.8. The lowest BCUT2D eigenvalue weighted by molar-refractivity contribution is -0.167. The van der Waals surface area contributed by atoms with E-state index in [9.17, 15) is 14.4 Å². The normalized spacial score (nSPS) is 12.1. The number of ether oxygens (including phenoxy) is 3. The summed E-state index contributed by atoms with van der Waals surface area (Å²) >= 11 is 0. The highest BCUT2D eigenvalue weighted by Gasteiger charge is 2.19. The number of hydrogen-bond donors (Lipinski definition) is 0. The molecule has 77 heavy (non-hydrogen) atoms. The van der Waals surface area contributed by atoms with Crippen LogP contribution in [-0.4, -0.2) is 37.2 Å². The Bertz CT molecular complexity index is 1240. The zero-order valence-electron chi connectivity index (χ0n) is 52.3. The van der Waals surface area contributed by atoms with E-state index in [1.54, 1.807) is 0 Å². The van der Waals surface area contributed by atoms with Crippen LogP contribution in [0.25, 0.3) is 0 Å². The SMILES string of the molecule is CCCCCCC/C=C\C/C=C\CCCCCCCCCCCC(=O)OC(COC(=O)CCCCCCCCCCCCCCC)COC(=O)CCCCCCCCCCCCCCCCCCCCCCCCCCC. The van der Waals surface area contributed by atoms with E-state index >= 15 is 0 Å². The Kier molecular flexibility index (Phi) is 64.6. The van der Waals surface area contributed by atoms with Crippen molar-refractivity contribution >= 4 is 17.9 Å². The summed E-state index contributed by atoms with van der Waals surface area (Å²) in [6.07, 6.45) is 80.6. The maximum absolute atomic E-state index is 12.9. The molecule has 0 aromatic heterocycles. The highest BCUT2D eigenvalue weighted by molar-refractivity contribution is 5.71. The molecule has 0 spiro atoms. The maximum Gasteiger partial charge on any atom is 0.306 e. The fourth-order valence-electron chi connectivity index (χ4n) is 10.7. The molecule has 0 aliphatic heterocycles. The molecule has 0 aromatic rings. The third-order valence-electron chi connectivity index (χ3n) is 16.0. The van der Waals surface area contributed by atoms with Crippen molar-refractivity contribution in [2.75, 3.05) is 13.2 Å². The second-order valence-corrected chi connectivity index (χ2v) is 23.8. The van der Waals surface area contributed by atoms with E-state index in [2.05, 4.69) is 45.1 Å². The summed E-state index contributed by atoms with van der Waals surface area (Å²) in [4.78, 5) is 38.4. The summed E-state index contributed by atoms with van der Waals surface area (Å²) in [5, 5.41) is 0. The Labute approximate surface area is 481 Å². The van der Waals surface area contributed by atoms with Crippen LogP contribution in [0.3, 0.4) is 0 Å². The first-order valence-electron chi connectivity index (χ1n) is 34.8. The van der Waals surface area contributed by atoms with Crippen molar-refractivity contribution in [1.29, 1.82) is 0 Å². The molecule has 0 fully saturated rings. The molecule has 0 bridgehead atoms. The van der Waals surface area contributed by atoms with E-state index in [-0.39, 0.29) is 31.1 Å². The van der Waals surface area contributed by atoms with Gasteiger partial charge in [0.25, 0.3) is 0 Å². The van der Waals surface area contributed by atoms with Crippen LogP contribution in [0.2, 0.25) is 0 Å². The Morgan fingerprint density at radius 2 is 0.468 bits per heavy atom. The summed E-state index contributed by atoms with van der Waals surface area (Å²) in [6, 6.07) is 0. The van der Waals surface area contributed by atoms with Crippen molar-refractivity contribution in [2.45, 2.75) is 399 Å². The molecular formula is C71H134O6. The van der Waals surface area contributed by atoms with Gasteiger partial charge in [0.15, 0.2) is 6.10 Å². The fraction of sp³-hybridized carbons (Fsp3) is 0.901. The summed E-state index contributed by atoms with van der Waals surface area (Å²) in [7, 11) is 0. The topological polar surface area (TPSA) is 78.9 Å². The molecule has 0 aliphatic carbocycles. The van der Waals surface area contributed by atoms with E-state index in [1.165, 1.54) is 289 Å². The van der Waals surface area contributed by atoms with Crippen LogP contribution in [0.4, 0.5) is 0 Å². The molecule has 0 saturated heterocycles. The van der Waals surface area contributed by atoms with Crippen molar-refractivity contribution in [3.05, 3.63) is 24.3 Å². The van der Waals surface area contributed by atoms with Gasteiger partial charge < -0.3 is 14.2 Å². The van der Waals surface area contributed by atoms with Crippen molar-refractivity contribution in [2.24, 2.45) is 0 Å². The number of carbonyl (C=O) groups excluding carboxylic acids is 3. The summed E-state index contributed by atoms with van der Waals surface area (Å²) < 4.78 is 17.0. The molecule has 0 aromatic carbocycles. The van der Waals surface area contributed by atoms with Gasteiger partial charge in [-0.2, -0.15) is 0 Å². The van der Waals surface area contributed by atoms with Gasteiger partial charge in [-0.05, 0) is 51.4 Å². The molecule has 0 aliphatic rings. The number of allylic oxidation sites excluding steroid dienone is 4. The summed E-state index contributed by atoms with van der Waals surface area (Å²) in [5.41, 5.74) is 0. The summed E-state index contributed by atoms with van der Waals surface area (Å²) in [5.74, 6) is -0.839. The Balaban J connectivity index is 4.23. The molecule has 0 N–H and O–H groups in total. The van der Waals surface area contributed by atoms with Crippen LogP contribution in [0.5, 0.6) is 0 Å². The van der Waals surface area contributed by atoms with E-state index < -0.39 is 6.10 Å². The Morgan fingerprint density at radius 1 is 0.260 bits per heavy atom. The van der Waals surface area contributed by atoms with Gasteiger partial charge in [-0.25, -0.2) is 0 Å². The van der Waals surface area contributed by atoms with E-state index in [1.807, 2.05) is 0 Å². The molecule has 0 amide bonds. The van der Waals surface area contributed by atoms with Crippen molar-refractivity contribution < 1.29 is 28.6 Å². The number of unbranched alkanes of at least 4 members (excludes halogenated alkanes) is 50. The van der Waals surface area contributed by atoms with Gasteiger partial charge in [0, 0.05) is 19.3 Å². The minimum Gasteiger partial charge on any atom is -0.462 e. The molecule has 0 saturated carbocycles. The minimum absolute atomic E-state index is 0.0665. The Hall–Kier alpha value is -2.11. The molecule has 1 atom stereocenters. The number of esters is 3.